The van der Waals surface area contributed by atoms with Crippen molar-refractivity contribution in [3.05, 3.63) is 138 Å². The zero-order chi connectivity index (χ0) is 28.3. The molecule has 1 saturated heterocycles. The fraction of sp³-hybridized carbons (Fsp3) is 0.0909. The van der Waals surface area contributed by atoms with Crippen molar-refractivity contribution in [2.24, 2.45) is 11.0 Å². The molecule has 8 heteroatoms. The van der Waals surface area contributed by atoms with E-state index in [-0.39, 0.29) is 12.0 Å². The number of hydrogen-bond acceptors (Lipinski definition) is 7. The van der Waals surface area contributed by atoms with Crippen molar-refractivity contribution in [3.63, 3.8) is 0 Å². The molecule has 2 amide bonds. The Bertz CT molecular complexity index is 1660. The topological polar surface area (TPSA) is 82.5 Å². The Morgan fingerprint density at radius 1 is 0.707 bits per heavy atom. The van der Waals surface area contributed by atoms with Gasteiger partial charge in [0.15, 0.2) is 11.7 Å². The van der Waals surface area contributed by atoms with Crippen molar-refractivity contribution in [3.8, 4) is 0 Å². The Morgan fingerprint density at radius 2 is 1.20 bits per heavy atom. The van der Waals surface area contributed by atoms with Crippen LogP contribution in [0.5, 0.6) is 0 Å². The number of methoxy groups -OCH3 is 1. The fourth-order valence-corrected chi connectivity index (χ4v) is 5.12. The number of hydrogen-bond donors (Lipinski definition) is 0. The Morgan fingerprint density at radius 3 is 1.73 bits per heavy atom. The van der Waals surface area contributed by atoms with Crippen LogP contribution in [0.25, 0.3) is 0 Å². The van der Waals surface area contributed by atoms with E-state index in [1.54, 1.807) is 29.3 Å². The first kappa shape index (κ1) is 25.8. The molecule has 0 bridgehead atoms. The second kappa shape index (κ2) is 10.9. The molecule has 0 aromatic heterocycles. The highest BCUT2D eigenvalue weighted by atomic mass is 16.5. The van der Waals surface area contributed by atoms with Gasteiger partial charge in [-0.05, 0) is 36.4 Å². The summed E-state index contributed by atoms with van der Waals surface area (Å²) in [6.07, 6.45) is -0.296. The first-order chi connectivity index (χ1) is 20.1. The zero-order valence-corrected chi connectivity index (χ0v) is 22.3. The van der Waals surface area contributed by atoms with Gasteiger partial charge in [0.25, 0.3) is 5.91 Å². The normalized spacial score (nSPS) is 18.6. The van der Waals surface area contributed by atoms with Gasteiger partial charge in [0, 0.05) is 11.3 Å². The van der Waals surface area contributed by atoms with Crippen LogP contribution in [0.3, 0.4) is 0 Å². The van der Waals surface area contributed by atoms with Crippen molar-refractivity contribution in [1.82, 2.24) is 0 Å². The van der Waals surface area contributed by atoms with Crippen LogP contribution in [0.15, 0.2) is 138 Å². The lowest BCUT2D eigenvalue weighted by molar-refractivity contribution is -0.142. The molecule has 2 aliphatic rings. The van der Waals surface area contributed by atoms with Crippen LogP contribution in [0.4, 0.5) is 17.1 Å². The van der Waals surface area contributed by atoms with E-state index in [0.29, 0.717) is 23.0 Å². The number of amidine groups is 1. The molecular weight excluding hydrogens is 516 g/mol. The first-order valence-corrected chi connectivity index (χ1v) is 13.2. The molecule has 6 rings (SSSR count). The fourth-order valence-electron chi connectivity index (χ4n) is 5.12. The average molecular weight is 543 g/mol. The molecule has 1 atom stereocenters. The standard InChI is InChI=1S/C33H26N4O4/c1-41-28(38)22-27-29(33(40)36(32(27)39)25-18-10-4-11-19-25)31-35(24-16-8-3-9-17-24)30(23-14-6-2-7-15-23)34-37(31)26-20-12-5-13-21-26/h2-21,27H,22H2,1H3/b31-29-. The van der Waals surface area contributed by atoms with E-state index in [0.717, 1.165) is 16.2 Å². The molecule has 0 aliphatic carbocycles. The summed E-state index contributed by atoms with van der Waals surface area (Å²) >= 11 is 0. The lowest BCUT2D eigenvalue weighted by Crippen LogP contribution is -2.33. The highest BCUT2D eigenvalue weighted by Crippen LogP contribution is 2.42. The Balaban J connectivity index is 1.65. The predicted octanol–water partition coefficient (Wildman–Crippen LogP) is 5.34. The predicted molar refractivity (Wildman–Crippen MR) is 157 cm³/mol. The van der Waals surface area contributed by atoms with Gasteiger partial charge in [0.2, 0.25) is 5.91 Å². The van der Waals surface area contributed by atoms with Gasteiger partial charge in [-0.15, -0.1) is 5.10 Å². The molecule has 202 valence electrons. The van der Waals surface area contributed by atoms with Crippen molar-refractivity contribution >= 4 is 40.7 Å². The number of nitrogens with zero attached hydrogens (tertiary/aromatic N) is 4. The summed E-state index contributed by atoms with van der Waals surface area (Å²) < 4.78 is 4.96. The van der Waals surface area contributed by atoms with E-state index in [1.165, 1.54) is 7.11 Å². The molecule has 1 fully saturated rings. The minimum Gasteiger partial charge on any atom is -0.469 e. The van der Waals surface area contributed by atoms with Gasteiger partial charge in [-0.2, -0.15) is 0 Å². The van der Waals surface area contributed by atoms with Crippen molar-refractivity contribution in [1.29, 1.82) is 0 Å². The summed E-state index contributed by atoms with van der Waals surface area (Å²) in [6, 6.07) is 37.3. The number of para-hydroxylation sites is 3. The highest BCUT2D eigenvalue weighted by Gasteiger charge is 2.50. The van der Waals surface area contributed by atoms with E-state index >= 15 is 0 Å². The van der Waals surface area contributed by atoms with Gasteiger partial charge in [0.05, 0.1) is 36.4 Å². The average Bonchev–Trinajstić information content (AvgIpc) is 3.53. The minimum absolute atomic E-state index is 0.159. The monoisotopic (exact) mass is 542 g/mol. The SMILES string of the molecule is COC(=O)CC1C(=O)N(c2ccccc2)C(=O)/C1=C1\N(c2ccccc2)N=C(c2ccccc2)N1c1ccccc1. The largest absolute Gasteiger partial charge is 0.469 e. The van der Waals surface area contributed by atoms with E-state index < -0.39 is 23.7 Å². The molecule has 41 heavy (non-hydrogen) atoms. The maximum Gasteiger partial charge on any atom is 0.306 e. The van der Waals surface area contributed by atoms with E-state index in [4.69, 9.17) is 9.84 Å². The number of imide groups is 1. The molecule has 2 aliphatic heterocycles. The van der Waals surface area contributed by atoms with Gasteiger partial charge in [-0.25, -0.2) is 9.91 Å². The number of hydrazone groups is 1. The Labute approximate surface area is 237 Å². The van der Waals surface area contributed by atoms with Crippen LogP contribution in [-0.2, 0) is 19.1 Å². The third-order valence-corrected chi connectivity index (χ3v) is 7.02. The van der Waals surface area contributed by atoms with Gasteiger partial charge >= 0.3 is 5.97 Å². The number of amides is 2. The van der Waals surface area contributed by atoms with Crippen LogP contribution >= 0.6 is 0 Å². The summed E-state index contributed by atoms with van der Waals surface area (Å²) in [5, 5.41) is 6.70. The van der Waals surface area contributed by atoms with Crippen LogP contribution in [0, 0.1) is 5.92 Å². The van der Waals surface area contributed by atoms with E-state index in [1.807, 2.05) is 102 Å². The van der Waals surface area contributed by atoms with Crippen LogP contribution in [0.2, 0.25) is 0 Å². The summed E-state index contributed by atoms with van der Waals surface area (Å²) in [4.78, 5) is 44.0. The van der Waals surface area contributed by atoms with Crippen LogP contribution in [0.1, 0.15) is 12.0 Å². The molecule has 0 N–H and O–H groups in total. The maximum atomic E-state index is 14.4. The number of rotatable bonds is 6. The van der Waals surface area contributed by atoms with Gasteiger partial charge in [0.1, 0.15) is 0 Å². The molecule has 1 unspecified atom stereocenters. The molecule has 4 aromatic rings. The van der Waals surface area contributed by atoms with Crippen molar-refractivity contribution < 1.29 is 19.1 Å². The molecule has 8 nitrogen and oxygen atoms in total. The minimum atomic E-state index is -1.09. The summed E-state index contributed by atoms with van der Waals surface area (Å²) in [5.41, 5.74) is 2.83. The first-order valence-electron chi connectivity index (χ1n) is 13.2. The number of anilines is 3. The molecule has 0 saturated carbocycles. The number of esters is 1. The number of carbonyl (C=O) groups excluding carboxylic acids is 3. The van der Waals surface area contributed by atoms with Crippen LogP contribution in [-0.4, -0.2) is 30.7 Å². The molecule has 2 heterocycles. The molecule has 4 aromatic carbocycles. The summed E-state index contributed by atoms with van der Waals surface area (Å²) in [7, 11) is 1.27. The third-order valence-electron chi connectivity index (χ3n) is 7.02. The smallest absolute Gasteiger partial charge is 0.306 e. The van der Waals surface area contributed by atoms with Gasteiger partial charge < -0.3 is 4.74 Å². The van der Waals surface area contributed by atoms with Gasteiger partial charge in [-0.1, -0.05) is 84.9 Å². The zero-order valence-electron chi connectivity index (χ0n) is 22.3. The van der Waals surface area contributed by atoms with Crippen molar-refractivity contribution in [2.45, 2.75) is 6.42 Å². The van der Waals surface area contributed by atoms with Crippen molar-refractivity contribution in [2.75, 3.05) is 21.9 Å². The number of carbonyl (C=O) groups is 3. The second-order valence-corrected chi connectivity index (χ2v) is 9.49. The lowest BCUT2D eigenvalue weighted by atomic mass is 9.96. The lowest BCUT2D eigenvalue weighted by Gasteiger charge is -2.27. The third kappa shape index (κ3) is 4.65. The van der Waals surface area contributed by atoms with E-state index in [2.05, 4.69) is 0 Å². The Hall–Kier alpha value is -5.50. The summed E-state index contributed by atoms with van der Waals surface area (Å²) in [6.45, 7) is 0. The number of ether oxygens (including phenoxy) is 1. The van der Waals surface area contributed by atoms with E-state index in [9.17, 15) is 14.4 Å². The number of benzene rings is 4. The highest BCUT2D eigenvalue weighted by molar-refractivity contribution is 6.31. The molecule has 0 spiro atoms. The Kier molecular flexibility index (Phi) is 6.87. The second-order valence-electron chi connectivity index (χ2n) is 9.49. The molecule has 0 radical (unpaired) electrons. The van der Waals surface area contributed by atoms with Crippen LogP contribution < -0.4 is 14.8 Å². The quantitative estimate of drug-likeness (QED) is 0.186. The van der Waals surface area contributed by atoms with Gasteiger partial charge in [-0.3, -0.25) is 19.3 Å². The maximum absolute atomic E-state index is 14.4. The molecular formula is C33H26N4O4. The summed E-state index contributed by atoms with van der Waals surface area (Å²) in [5.74, 6) is -1.75.